The monoisotopic (exact) mass is 406 g/mol. The van der Waals surface area contributed by atoms with E-state index in [-0.39, 0.29) is 11.4 Å². The Morgan fingerprint density at radius 1 is 1.39 bits per heavy atom. The van der Waals surface area contributed by atoms with Crippen molar-refractivity contribution in [3.8, 4) is 0 Å². The molecule has 1 atom stereocenters. The Morgan fingerprint density at radius 3 is 2.71 bits per heavy atom. The van der Waals surface area contributed by atoms with Crippen LogP contribution in [-0.2, 0) is 29.4 Å². The number of nitrogens with zero attached hydrogens (tertiary/aromatic N) is 2. The summed E-state index contributed by atoms with van der Waals surface area (Å²) in [5.41, 5.74) is 6.32. The first kappa shape index (κ1) is 19.5. The maximum Gasteiger partial charge on any atom is 0.355 e. The number of carbonyl (C=O) groups excluding carboxylic acids is 3. The van der Waals surface area contributed by atoms with Crippen molar-refractivity contribution in [3.05, 3.63) is 44.1 Å². The second kappa shape index (κ2) is 7.43. The quantitative estimate of drug-likeness (QED) is 0.424. The Morgan fingerprint density at radius 2 is 2.11 bits per heavy atom. The van der Waals surface area contributed by atoms with Crippen LogP contribution in [0.3, 0.4) is 0 Å². The number of ether oxygens (including phenoxy) is 1. The predicted molar refractivity (Wildman–Crippen MR) is 100 cm³/mol. The number of fused-ring (bicyclic) bond motifs is 1. The number of aromatic nitrogens is 1. The van der Waals surface area contributed by atoms with Gasteiger partial charge in [0.2, 0.25) is 0 Å². The lowest BCUT2D eigenvalue weighted by Gasteiger charge is -2.13. The molecule has 0 saturated heterocycles. The molecule has 0 saturated carbocycles. The molecule has 1 aliphatic rings. The minimum Gasteiger partial charge on any atom is -0.448 e. The molecule has 11 heteroatoms. The van der Waals surface area contributed by atoms with Gasteiger partial charge >= 0.3 is 5.97 Å². The molecular weight excluding hydrogens is 388 g/mol. The van der Waals surface area contributed by atoms with Crippen LogP contribution >= 0.6 is 11.3 Å². The zero-order valence-corrected chi connectivity index (χ0v) is 16.0. The highest BCUT2D eigenvalue weighted by Gasteiger charge is 2.28. The maximum atomic E-state index is 12.4. The van der Waals surface area contributed by atoms with E-state index in [1.807, 2.05) is 0 Å². The molecule has 0 aromatic carbocycles. The number of thiophene rings is 1. The Hall–Kier alpha value is -3.21. The second-order valence-electron chi connectivity index (χ2n) is 6.41. The number of aryl methyl sites for hydroxylation is 2. The van der Waals surface area contributed by atoms with Crippen molar-refractivity contribution in [2.75, 3.05) is 5.32 Å². The van der Waals surface area contributed by atoms with Gasteiger partial charge in [0.1, 0.15) is 10.7 Å². The highest BCUT2D eigenvalue weighted by molar-refractivity contribution is 7.17. The number of esters is 1. The number of nitrogens with one attached hydrogen (secondary N) is 1. The van der Waals surface area contributed by atoms with Gasteiger partial charge in [-0.1, -0.05) is 0 Å². The van der Waals surface area contributed by atoms with Gasteiger partial charge in [-0.25, -0.2) is 4.79 Å². The topological polar surface area (TPSA) is 147 Å². The minimum atomic E-state index is -1.18. The van der Waals surface area contributed by atoms with Gasteiger partial charge in [0.25, 0.3) is 17.5 Å². The number of hydrogen-bond donors (Lipinski definition) is 2. The van der Waals surface area contributed by atoms with Crippen molar-refractivity contribution in [2.24, 2.45) is 12.8 Å². The summed E-state index contributed by atoms with van der Waals surface area (Å²) in [7, 11) is 1.46. The van der Waals surface area contributed by atoms with Crippen molar-refractivity contribution in [1.82, 2.24) is 4.57 Å². The smallest absolute Gasteiger partial charge is 0.355 e. The Kier molecular flexibility index (Phi) is 5.18. The van der Waals surface area contributed by atoms with Gasteiger partial charge in [-0.15, -0.1) is 11.3 Å². The fraction of sp³-hybridized carbons (Fsp3) is 0.353. The van der Waals surface area contributed by atoms with E-state index in [1.165, 1.54) is 36.1 Å². The summed E-state index contributed by atoms with van der Waals surface area (Å²) in [4.78, 5) is 47.7. The third kappa shape index (κ3) is 3.60. The molecule has 0 fully saturated rings. The third-order valence-electron chi connectivity index (χ3n) is 4.47. The molecule has 3 rings (SSSR count). The minimum absolute atomic E-state index is 0.0562. The molecule has 1 unspecified atom stereocenters. The van der Waals surface area contributed by atoms with Crippen molar-refractivity contribution >= 4 is 39.8 Å². The van der Waals surface area contributed by atoms with Gasteiger partial charge < -0.3 is 20.4 Å². The number of primary amides is 1. The van der Waals surface area contributed by atoms with E-state index in [4.69, 9.17) is 10.5 Å². The average molecular weight is 406 g/mol. The van der Waals surface area contributed by atoms with Crippen LogP contribution in [-0.4, -0.2) is 33.4 Å². The van der Waals surface area contributed by atoms with Crippen molar-refractivity contribution in [1.29, 1.82) is 0 Å². The van der Waals surface area contributed by atoms with Crippen LogP contribution in [0.15, 0.2) is 12.3 Å². The molecule has 0 bridgehead atoms. The summed E-state index contributed by atoms with van der Waals surface area (Å²) in [5.74, 6) is -2.11. The van der Waals surface area contributed by atoms with E-state index in [2.05, 4.69) is 5.32 Å². The lowest BCUT2D eigenvalue weighted by Crippen LogP contribution is -2.31. The number of anilines is 1. The molecule has 148 valence electrons. The first-order valence-corrected chi connectivity index (χ1v) is 9.27. The van der Waals surface area contributed by atoms with E-state index in [0.29, 0.717) is 10.6 Å². The molecule has 10 nitrogen and oxygen atoms in total. The van der Waals surface area contributed by atoms with E-state index in [0.717, 1.165) is 35.8 Å². The molecule has 0 spiro atoms. The summed E-state index contributed by atoms with van der Waals surface area (Å²) in [5, 5.41) is 13.8. The largest absolute Gasteiger partial charge is 0.448 e. The summed E-state index contributed by atoms with van der Waals surface area (Å²) in [6.07, 6.45) is 2.49. The lowest BCUT2D eigenvalue weighted by atomic mass is 10.1. The molecule has 2 heterocycles. The highest BCUT2D eigenvalue weighted by Crippen LogP contribution is 2.38. The maximum absolute atomic E-state index is 12.4. The summed E-state index contributed by atoms with van der Waals surface area (Å²) in [6, 6.07) is 1.07. The second-order valence-corrected chi connectivity index (χ2v) is 7.52. The number of nitro groups is 1. The number of hydrogen-bond acceptors (Lipinski definition) is 7. The number of amides is 2. The highest BCUT2D eigenvalue weighted by atomic mass is 32.1. The molecule has 1 aliphatic carbocycles. The normalized spacial score (nSPS) is 13.6. The van der Waals surface area contributed by atoms with Gasteiger partial charge in [0.05, 0.1) is 16.7 Å². The molecule has 3 N–H and O–H groups in total. The van der Waals surface area contributed by atoms with Crippen LogP contribution in [0.25, 0.3) is 0 Å². The van der Waals surface area contributed by atoms with Gasteiger partial charge in [0, 0.05) is 18.0 Å². The van der Waals surface area contributed by atoms with Crippen LogP contribution in [0.4, 0.5) is 10.7 Å². The number of nitrogens with two attached hydrogens (primary N) is 1. The van der Waals surface area contributed by atoms with E-state index >= 15 is 0 Å². The third-order valence-corrected chi connectivity index (χ3v) is 5.68. The van der Waals surface area contributed by atoms with Gasteiger partial charge in [0.15, 0.2) is 6.10 Å². The summed E-state index contributed by atoms with van der Waals surface area (Å²) < 4.78 is 6.37. The Labute approximate surface area is 163 Å². The molecule has 2 aromatic rings. The number of carbonyl (C=O) groups is 3. The average Bonchev–Trinajstić information content (AvgIpc) is 3.28. The molecule has 0 radical (unpaired) electrons. The molecule has 28 heavy (non-hydrogen) atoms. The van der Waals surface area contributed by atoms with Crippen molar-refractivity contribution < 1.29 is 24.0 Å². The fourth-order valence-electron chi connectivity index (χ4n) is 3.09. The Balaban J connectivity index is 1.71. The molecule has 2 amide bonds. The lowest BCUT2D eigenvalue weighted by molar-refractivity contribution is -0.384. The van der Waals surface area contributed by atoms with E-state index < -0.39 is 28.8 Å². The van der Waals surface area contributed by atoms with E-state index in [1.54, 1.807) is 0 Å². The SMILES string of the molecule is CC(OC(=O)c1cc([N+](=O)[O-])cn1C)C(=O)Nc1sc2c(c1C(N)=O)CCC2. The fourth-order valence-corrected chi connectivity index (χ4v) is 4.39. The summed E-state index contributed by atoms with van der Waals surface area (Å²) >= 11 is 1.29. The summed E-state index contributed by atoms with van der Waals surface area (Å²) in [6.45, 7) is 1.37. The van der Waals surface area contributed by atoms with Gasteiger partial charge in [-0.05, 0) is 31.7 Å². The standard InChI is InChI=1S/C17H18N4O6S/c1-8(27-17(24)11-6-9(21(25)26)7-20(11)2)15(23)19-16-13(14(18)22)10-4-3-5-12(10)28-16/h6-8H,3-5H2,1-2H3,(H2,18,22)(H,19,23). The van der Waals surface area contributed by atoms with E-state index in [9.17, 15) is 24.5 Å². The van der Waals surface area contributed by atoms with Crippen LogP contribution in [0.1, 0.15) is 44.6 Å². The molecular formula is C17H18N4O6S. The van der Waals surface area contributed by atoms with Crippen molar-refractivity contribution in [3.63, 3.8) is 0 Å². The van der Waals surface area contributed by atoms with Crippen LogP contribution in [0.2, 0.25) is 0 Å². The number of rotatable bonds is 6. The van der Waals surface area contributed by atoms with Crippen LogP contribution in [0.5, 0.6) is 0 Å². The molecule has 0 aliphatic heterocycles. The first-order valence-electron chi connectivity index (χ1n) is 8.46. The van der Waals surface area contributed by atoms with Crippen LogP contribution in [0, 0.1) is 10.1 Å². The Bertz CT molecular complexity index is 992. The first-order chi connectivity index (χ1) is 13.2. The predicted octanol–water partition coefficient (Wildman–Crippen LogP) is 1.77. The zero-order chi connectivity index (χ0) is 20.6. The van der Waals surface area contributed by atoms with Gasteiger partial charge in [-0.2, -0.15) is 0 Å². The van der Waals surface area contributed by atoms with Crippen molar-refractivity contribution in [2.45, 2.75) is 32.3 Å². The van der Waals surface area contributed by atoms with Crippen LogP contribution < -0.4 is 11.1 Å². The zero-order valence-electron chi connectivity index (χ0n) is 15.2. The van der Waals surface area contributed by atoms with Gasteiger partial charge in [-0.3, -0.25) is 19.7 Å². The molecule has 2 aromatic heterocycles.